The second-order valence-corrected chi connectivity index (χ2v) is 11.2. The number of hydrogen-bond donors (Lipinski definition) is 2. The van der Waals surface area contributed by atoms with Crippen molar-refractivity contribution in [3.63, 3.8) is 0 Å². The first kappa shape index (κ1) is 24.8. The van der Waals surface area contributed by atoms with Crippen LogP contribution in [-0.4, -0.2) is 41.5 Å². The largest absolute Gasteiger partial charge is 0.502 e. The van der Waals surface area contributed by atoms with Crippen molar-refractivity contribution in [2.45, 2.75) is 45.3 Å². The SMILES string of the molecule is [C-]#[N+]c1cc(-c2nnc(-c3cccc4c3CCC[C@H]4NS(=O)(=O)CC(=O)O)s2)ccc1OC(C)C. The van der Waals surface area contributed by atoms with Crippen LogP contribution in [0.1, 0.15) is 43.9 Å². The number of fused-ring (bicyclic) bond motifs is 1. The summed E-state index contributed by atoms with van der Waals surface area (Å²) in [4.78, 5) is 14.5. The number of hydrogen-bond acceptors (Lipinski definition) is 7. The molecule has 9 nitrogen and oxygen atoms in total. The van der Waals surface area contributed by atoms with Crippen molar-refractivity contribution in [3.8, 4) is 26.9 Å². The molecule has 0 radical (unpaired) electrons. The zero-order chi connectivity index (χ0) is 25.2. The molecule has 0 amide bonds. The molecule has 0 fully saturated rings. The Morgan fingerprint density at radius 2 is 2.06 bits per heavy atom. The highest BCUT2D eigenvalue weighted by molar-refractivity contribution is 7.90. The van der Waals surface area contributed by atoms with Gasteiger partial charge in [0.2, 0.25) is 15.7 Å². The summed E-state index contributed by atoms with van der Waals surface area (Å²) in [5.74, 6) is -1.84. The molecule has 0 unspecified atom stereocenters. The average molecular weight is 513 g/mol. The van der Waals surface area contributed by atoms with Gasteiger partial charge in [-0.2, -0.15) is 0 Å². The molecular formula is C24H24N4O5S2. The molecule has 1 aliphatic rings. The predicted octanol–water partition coefficient (Wildman–Crippen LogP) is 4.59. The standard InChI is InChI=1S/C24H24N4O5S2/c1-14(2)33-21-11-10-15(12-20(21)25-3)23-26-27-24(34-23)18-8-4-7-17-16(18)6-5-9-19(17)28-35(31,32)13-22(29)30/h4,7-8,10-12,14,19,28H,5-6,9,13H2,1-2H3,(H,29,30)/t19-/m1/s1. The highest BCUT2D eigenvalue weighted by atomic mass is 32.2. The maximum atomic E-state index is 12.2. The summed E-state index contributed by atoms with van der Waals surface area (Å²) >= 11 is 1.39. The van der Waals surface area contributed by atoms with Crippen LogP contribution < -0.4 is 9.46 Å². The molecule has 0 aliphatic heterocycles. The van der Waals surface area contributed by atoms with Crippen LogP contribution in [-0.2, 0) is 21.2 Å². The van der Waals surface area contributed by atoms with Crippen molar-refractivity contribution in [1.29, 1.82) is 0 Å². The Morgan fingerprint density at radius 3 is 2.77 bits per heavy atom. The van der Waals surface area contributed by atoms with Crippen LogP contribution in [0.25, 0.3) is 26.0 Å². The number of nitrogens with one attached hydrogen (secondary N) is 1. The van der Waals surface area contributed by atoms with Gasteiger partial charge in [0.25, 0.3) is 0 Å². The number of rotatable bonds is 8. The van der Waals surface area contributed by atoms with Gasteiger partial charge in [0, 0.05) is 17.2 Å². The number of benzene rings is 2. The summed E-state index contributed by atoms with van der Waals surface area (Å²) in [7, 11) is -3.96. The molecule has 1 heterocycles. The van der Waals surface area contributed by atoms with Gasteiger partial charge < -0.3 is 9.84 Å². The third-order valence-electron chi connectivity index (χ3n) is 5.49. The van der Waals surface area contributed by atoms with Gasteiger partial charge in [-0.15, -0.1) is 10.2 Å². The number of carbonyl (C=O) groups is 1. The Balaban J connectivity index is 1.65. The molecule has 0 bridgehead atoms. The minimum atomic E-state index is -3.96. The van der Waals surface area contributed by atoms with E-state index < -0.39 is 27.8 Å². The third kappa shape index (κ3) is 5.67. The van der Waals surface area contributed by atoms with E-state index in [2.05, 4.69) is 19.8 Å². The molecule has 0 saturated heterocycles. The van der Waals surface area contributed by atoms with E-state index in [1.54, 1.807) is 12.1 Å². The van der Waals surface area contributed by atoms with E-state index in [9.17, 15) is 13.2 Å². The van der Waals surface area contributed by atoms with Crippen molar-refractivity contribution in [3.05, 3.63) is 58.9 Å². The first-order valence-corrected chi connectivity index (χ1v) is 13.5. The molecule has 35 heavy (non-hydrogen) atoms. The van der Waals surface area contributed by atoms with Crippen molar-refractivity contribution in [1.82, 2.24) is 14.9 Å². The van der Waals surface area contributed by atoms with Crippen LogP contribution in [0.15, 0.2) is 36.4 Å². The lowest BCUT2D eigenvalue weighted by atomic mass is 9.85. The molecule has 11 heteroatoms. The van der Waals surface area contributed by atoms with Gasteiger partial charge >= 0.3 is 5.97 Å². The highest BCUT2D eigenvalue weighted by Gasteiger charge is 2.28. The number of sulfonamides is 1. The Labute approximate surface area is 207 Å². The number of aliphatic carboxylic acids is 1. The Hall–Kier alpha value is -3.33. The summed E-state index contributed by atoms with van der Waals surface area (Å²) in [6.45, 7) is 11.3. The minimum Gasteiger partial charge on any atom is -0.502 e. The lowest BCUT2D eigenvalue weighted by Crippen LogP contribution is -2.35. The number of carboxylic acid groups (broad SMARTS) is 1. The molecule has 0 spiro atoms. The molecule has 3 aromatic rings. The van der Waals surface area contributed by atoms with E-state index in [0.29, 0.717) is 27.9 Å². The van der Waals surface area contributed by atoms with Gasteiger partial charge in [-0.3, -0.25) is 4.79 Å². The number of ether oxygens (including phenoxy) is 1. The van der Waals surface area contributed by atoms with Gasteiger partial charge in [-0.1, -0.05) is 35.6 Å². The molecule has 1 aromatic heterocycles. The molecule has 1 aliphatic carbocycles. The van der Waals surface area contributed by atoms with Crippen LogP contribution in [0.2, 0.25) is 0 Å². The van der Waals surface area contributed by atoms with Crippen LogP contribution >= 0.6 is 11.3 Å². The zero-order valence-electron chi connectivity index (χ0n) is 19.2. The second-order valence-electron chi connectivity index (χ2n) is 8.46. The Morgan fingerprint density at radius 1 is 1.29 bits per heavy atom. The first-order chi connectivity index (χ1) is 16.7. The van der Waals surface area contributed by atoms with Gasteiger partial charge in [0.1, 0.15) is 15.8 Å². The summed E-state index contributed by atoms with van der Waals surface area (Å²) in [6.07, 6.45) is 2.04. The average Bonchev–Trinajstić information content (AvgIpc) is 3.28. The van der Waals surface area contributed by atoms with E-state index in [-0.39, 0.29) is 6.10 Å². The number of carboxylic acids is 1. The van der Waals surface area contributed by atoms with E-state index in [1.807, 2.05) is 38.1 Å². The van der Waals surface area contributed by atoms with Crippen molar-refractivity contribution in [2.24, 2.45) is 0 Å². The fraction of sp³-hybridized carbons (Fsp3) is 0.333. The maximum Gasteiger partial charge on any atom is 0.320 e. The summed E-state index contributed by atoms with van der Waals surface area (Å²) < 4.78 is 32.7. The fourth-order valence-electron chi connectivity index (χ4n) is 4.13. The fourth-order valence-corrected chi connectivity index (χ4v) is 6.11. The van der Waals surface area contributed by atoms with E-state index in [1.165, 1.54) is 11.3 Å². The molecule has 0 saturated carbocycles. The zero-order valence-corrected chi connectivity index (χ0v) is 20.8. The molecule has 4 rings (SSSR count). The van der Waals surface area contributed by atoms with Crippen LogP contribution in [0.3, 0.4) is 0 Å². The number of aromatic nitrogens is 2. The lowest BCUT2D eigenvalue weighted by Gasteiger charge is -2.27. The van der Waals surface area contributed by atoms with Crippen LogP contribution in [0, 0.1) is 6.57 Å². The Kier molecular flexibility index (Phi) is 7.16. The molecule has 2 N–H and O–H groups in total. The molecule has 1 atom stereocenters. The van der Waals surface area contributed by atoms with Gasteiger partial charge in [-0.05, 0) is 56.4 Å². The van der Waals surface area contributed by atoms with Crippen LogP contribution in [0.4, 0.5) is 5.69 Å². The molecular weight excluding hydrogens is 488 g/mol. The van der Waals surface area contributed by atoms with Gasteiger partial charge in [0.05, 0.1) is 12.7 Å². The number of nitrogens with zero attached hydrogens (tertiary/aromatic N) is 3. The van der Waals surface area contributed by atoms with E-state index in [0.717, 1.165) is 35.1 Å². The van der Waals surface area contributed by atoms with Crippen molar-refractivity contribution in [2.75, 3.05) is 5.75 Å². The normalized spacial score (nSPS) is 15.4. The first-order valence-electron chi connectivity index (χ1n) is 11.0. The topological polar surface area (TPSA) is 123 Å². The van der Waals surface area contributed by atoms with Crippen molar-refractivity contribution >= 4 is 33.0 Å². The molecule has 2 aromatic carbocycles. The lowest BCUT2D eigenvalue weighted by molar-refractivity contribution is -0.134. The van der Waals surface area contributed by atoms with Gasteiger partial charge in [0.15, 0.2) is 5.75 Å². The second kappa shape index (κ2) is 10.1. The van der Waals surface area contributed by atoms with Gasteiger partial charge in [-0.25, -0.2) is 18.0 Å². The minimum absolute atomic E-state index is 0.0452. The Bertz CT molecular complexity index is 1410. The van der Waals surface area contributed by atoms with Crippen molar-refractivity contribution < 1.29 is 23.1 Å². The monoisotopic (exact) mass is 512 g/mol. The summed E-state index contributed by atoms with van der Waals surface area (Å²) in [6, 6.07) is 10.5. The summed E-state index contributed by atoms with van der Waals surface area (Å²) in [5, 5.41) is 19.0. The maximum absolute atomic E-state index is 12.2. The third-order valence-corrected chi connectivity index (χ3v) is 7.76. The van der Waals surface area contributed by atoms with E-state index in [4.69, 9.17) is 16.4 Å². The van der Waals surface area contributed by atoms with Crippen LogP contribution in [0.5, 0.6) is 5.75 Å². The summed E-state index contributed by atoms with van der Waals surface area (Å²) in [5.41, 5.74) is 3.84. The highest BCUT2D eigenvalue weighted by Crippen LogP contribution is 2.40. The van der Waals surface area contributed by atoms with E-state index >= 15 is 0 Å². The predicted molar refractivity (Wildman–Crippen MR) is 133 cm³/mol. The molecule has 182 valence electrons. The quantitative estimate of drug-likeness (QED) is 0.423. The smallest absolute Gasteiger partial charge is 0.320 e.